The van der Waals surface area contributed by atoms with Crippen LogP contribution in [-0.2, 0) is 6.42 Å². The van der Waals surface area contributed by atoms with Crippen LogP contribution in [0, 0.1) is 0 Å². The molecular formula is C10H15N3O2. The van der Waals surface area contributed by atoms with Gasteiger partial charge in [-0.25, -0.2) is 4.98 Å². The third-order valence-electron chi connectivity index (χ3n) is 2.60. The summed E-state index contributed by atoms with van der Waals surface area (Å²) < 4.78 is 0. The third kappa shape index (κ3) is 2.18. The first-order valence-electron chi connectivity index (χ1n) is 5.22. The van der Waals surface area contributed by atoms with Gasteiger partial charge in [-0.15, -0.1) is 0 Å². The Kier molecular flexibility index (Phi) is 2.73. The topological polar surface area (TPSA) is 69.2 Å². The highest BCUT2D eigenvalue weighted by Crippen LogP contribution is 2.16. The van der Waals surface area contributed by atoms with Gasteiger partial charge in [-0.05, 0) is 6.42 Å². The van der Waals surface area contributed by atoms with Gasteiger partial charge < -0.3 is 15.0 Å². The largest absolute Gasteiger partial charge is 0.391 e. The lowest BCUT2D eigenvalue weighted by Crippen LogP contribution is -2.25. The van der Waals surface area contributed by atoms with Crippen molar-refractivity contribution >= 4 is 5.82 Å². The summed E-state index contributed by atoms with van der Waals surface area (Å²) in [5.41, 5.74) is -0.127. The highest BCUT2D eigenvalue weighted by molar-refractivity contribution is 5.39. The van der Waals surface area contributed by atoms with Crippen molar-refractivity contribution in [3.63, 3.8) is 0 Å². The number of nitrogens with zero attached hydrogens (tertiary/aromatic N) is 2. The fourth-order valence-corrected chi connectivity index (χ4v) is 1.77. The Balaban J connectivity index is 2.28. The molecule has 1 fully saturated rings. The van der Waals surface area contributed by atoms with Gasteiger partial charge in [-0.2, -0.15) is 0 Å². The number of hydrogen-bond donors (Lipinski definition) is 2. The van der Waals surface area contributed by atoms with Gasteiger partial charge >= 0.3 is 0 Å². The fourth-order valence-electron chi connectivity index (χ4n) is 1.77. The molecule has 0 aliphatic carbocycles. The number of aromatic amines is 1. The minimum Gasteiger partial charge on any atom is -0.391 e. The maximum atomic E-state index is 11.3. The Labute approximate surface area is 87.8 Å². The third-order valence-corrected chi connectivity index (χ3v) is 2.60. The summed E-state index contributed by atoms with van der Waals surface area (Å²) in [6.45, 7) is 3.28. The first kappa shape index (κ1) is 10.2. The molecular weight excluding hydrogens is 194 g/mol. The van der Waals surface area contributed by atoms with Gasteiger partial charge in [0.1, 0.15) is 11.6 Å². The lowest BCUT2D eigenvalue weighted by Gasteiger charge is -2.16. The molecule has 15 heavy (non-hydrogen) atoms. The maximum absolute atomic E-state index is 11.3. The minimum atomic E-state index is -0.295. The fraction of sp³-hybridized carbons (Fsp3) is 0.600. The molecule has 2 rings (SSSR count). The number of aromatic nitrogens is 2. The molecule has 1 aromatic rings. The Morgan fingerprint density at radius 1 is 1.73 bits per heavy atom. The van der Waals surface area contributed by atoms with Gasteiger partial charge in [-0.3, -0.25) is 4.79 Å². The van der Waals surface area contributed by atoms with Gasteiger partial charge in [0.25, 0.3) is 5.56 Å². The average molecular weight is 209 g/mol. The summed E-state index contributed by atoms with van der Waals surface area (Å²) in [5, 5.41) is 9.40. The van der Waals surface area contributed by atoms with Crippen molar-refractivity contribution in [1.82, 2.24) is 9.97 Å². The first-order chi connectivity index (χ1) is 7.19. The summed E-state index contributed by atoms with van der Waals surface area (Å²) in [4.78, 5) is 20.3. The molecule has 1 saturated heterocycles. The summed E-state index contributed by atoms with van der Waals surface area (Å²) in [6, 6.07) is 1.48. The van der Waals surface area contributed by atoms with E-state index in [-0.39, 0.29) is 11.7 Å². The summed E-state index contributed by atoms with van der Waals surface area (Å²) in [5.74, 6) is 1.37. The molecule has 0 saturated carbocycles. The van der Waals surface area contributed by atoms with Crippen LogP contribution in [0.4, 0.5) is 5.82 Å². The van der Waals surface area contributed by atoms with E-state index >= 15 is 0 Å². The van der Waals surface area contributed by atoms with Gasteiger partial charge in [-0.1, -0.05) is 6.92 Å². The molecule has 0 radical (unpaired) electrons. The summed E-state index contributed by atoms with van der Waals surface area (Å²) in [6.07, 6.45) is 1.16. The number of nitrogens with one attached hydrogen (secondary N) is 1. The highest BCUT2D eigenvalue weighted by atomic mass is 16.3. The average Bonchev–Trinajstić information content (AvgIpc) is 2.64. The van der Waals surface area contributed by atoms with Crippen molar-refractivity contribution in [2.45, 2.75) is 25.9 Å². The maximum Gasteiger partial charge on any atom is 0.252 e. The van der Waals surface area contributed by atoms with Crippen LogP contribution in [0.2, 0.25) is 0 Å². The van der Waals surface area contributed by atoms with Crippen molar-refractivity contribution in [1.29, 1.82) is 0 Å². The Hall–Kier alpha value is -1.36. The number of aliphatic hydroxyl groups is 1. The summed E-state index contributed by atoms with van der Waals surface area (Å²) >= 11 is 0. The van der Waals surface area contributed by atoms with Crippen LogP contribution in [0.3, 0.4) is 0 Å². The van der Waals surface area contributed by atoms with Crippen molar-refractivity contribution in [3.8, 4) is 0 Å². The van der Waals surface area contributed by atoms with Crippen LogP contribution in [0.1, 0.15) is 19.2 Å². The summed E-state index contributed by atoms with van der Waals surface area (Å²) in [7, 11) is 0. The molecule has 5 nitrogen and oxygen atoms in total. The van der Waals surface area contributed by atoms with Gasteiger partial charge in [0.15, 0.2) is 0 Å². The zero-order valence-corrected chi connectivity index (χ0v) is 8.73. The minimum absolute atomic E-state index is 0.127. The molecule has 0 amide bonds. The van der Waals surface area contributed by atoms with Crippen LogP contribution >= 0.6 is 0 Å². The number of hydrogen-bond acceptors (Lipinski definition) is 4. The van der Waals surface area contributed by atoms with E-state index in [9.17, 15) is 9.90 Å². The van der Waals surface area contributed by atoms with E-state index in [0.717, 1.165) is 13.0 Å². The predicted molar refractivity (Wildman–Crippen MR) is 57.1 cm³/mol. The number of anilines is 1. The van der Waals surface area contributed by atoms with Gasteiger partial charge in [0.2, 0.25) is 0 Å². The molecule has 1 aliphatic heterocycles. The van der Waals surface area contributed by atoms with E-state index in [1.807, 2.05) is 11.8 Å². The van der Waals surface area contributed by atoms with E-state index in [1.54, 1.807) is 0 Å². The molecule has 2 heterocycles. The lowest BCUT2D eigenvalue weighted by molar-refractivity contribution is 0.198. The Bertz CT molecular complexity index is 402. The van der Waals surface area contributed by atoms with E-state index in [1.165, 1.54) is 6.07 Å². The van der Waals surface area contributed by atoms with Gasteiger partial charge in [0.05, 0.1) is 6.10 Å². The van der Waals surface area contributed by atoms with Crippen LogP contribution < -0.4 is 10.5 Å². The molecule has 1 aliphatic rings. The smallest absolute Gasteiger partial charge is 0.252 e. The highest BCUT2D eigenvalue weighted by Gasteiger charge is 2.21. The SMILES string of the molecule is CCc1nc(N2CC[C@H](O)C2)cc(=O)[nH]1. The molecule has 82 valence electrons. The molecule has 5 heteroatoms. The molecule has 1 atom stereocenters. The van der Waals surface area contributed by atoms with Crippen LogP contribution in [0.25, 0.3) is 0 Å². The van der Waals surface area contributed by atoms with Crippen LogP contribution in [0.5, 0.6) is 0 Å². The second-order valence-electron chi connectivity index (χ2n) is 3.79. The second-order valence-corrected chi connectivity index (χ2v) is 3.79. The van der Waals surface area contributed by atoms with Gasteiger partial charge in [0, 0.05) is 25.6 Å². The predicted octanol–water partition coefficient (Wildman–Crippen LogP) is -0.0967. The van der Waals surface area contributed by atoms with E-state index in [2.05, 4.69) is 9.97 Å². The number of aliphatic hydroxyl groups excluding tert-OH is 1. The first-order valence-corrected chi connectivity index (χ1v) is 5.22. The zero-order chi connectivity index (χ0) is 10.8. The van der Waals surface area contributed by atoms with Crippen molar-refractivity contribution in [2.24, 2.45) is 0 Å². The second kappa shape index (κ2) is 4.02. The Morgan fingerprint density at radius 3 is 3.13 bits per heavy atom. The number of aryl methyl sites for hydroxylation is 1. The van der Waals surface area contributed by atoms with Crippen molar-refractivity contribution in [2.75, 3.05) is 18.0 Å². The number of H-pyrrole nitrogens is 1. The monoisotopic (exact) mass is 209 g/mol. The van der Waals surface area contributed by atoms with E-state index < -0.39 is 0 Å². The van der Waals surface area contributed by atoms with Crippen LogP contribution in [-0.4, -0.2) is 34.3 Å². The quantitative estimate of drug-likeness (QED) is 0.714. The van der Waals surface area contributed by atoms with Crippen molar-refractivity contribution < 1.29 is 5.11 Å². The molecule has 2 N–H and O–H groups in total. The molecule has 0 bridgehead atoms. The molecule has 0 spiro atoms. The number of rotatable bonds is 2. The van der Waals surface area contributed by atoms with E-state index in [4.69, 9.17) is 0 Å². The molecule has 1 aromatic heterocycles. The molecule has 0 unspecified atom stereocenters. The number of β-amino-alcohol motifs (C(OH)–C–C–N with tert-alkyl or cyclic N) is 1. The van der Waals surface area contributed by atoms with E-state index in [0.29, 0.717) is 24.6 Å². The zero-order valence-electron chi connectivity index (χ0n) is 8.73. The van der Waals surface area contributed by atoms with Crippen molar-refractivity contribution in [3.05, 3.63) is 22.2 Å². The molecule has 0 aromatic carbocycles. The Morgan fingerprint density at radius 2 is 2.53 bits per heavy atom. The van der Waals surface area contributed by atoms with Crippen LogP contribution in [0.15, 0.2) is 10.9 Å². The lowest BCUT2D eigenvalue weighted by atomic mass is 10.3. The standard InChI is InChI=1S/C10H15N3O2/c1-2-8-11-9(5-10(15)12-8)13-4-3-7(14)6-13/h5,7,14H,2-4,6H2,1H3,(H,11,12,15)/t7-/m0/s1. The normalized spacial score (nSPS) is 20.9.